The van der Waals surface area contributed by atoms with Crippen LogP contribution >= 0.6 is 11.6 Å². The Bertz CT molecular complexity index is 789. The Kier molecular flexibility index (Phi) is 3.16. The van der Waals surface area contributed by atoms with Gasteiger partial charge in [-0.15, -0.1) is 0 Å². The van der Waals surface area contributed by atoms with E-state index in [9.17, 15) is 0 Å². The minimum atomic E-state index is 0.435. The molecule has 0 aliphatic heterocycles. The van der Waals surface area contributed by atoms with Crippen LogP contribution in [0, 0.1) is 0 Å². The molecule has 0 atom stereocenters. The first kappa shape index (κ1) is 12.7. The van der Waals surface area contributed by atoms with E-state index in [0.717, 1.165) is 22.2 Å². The Balaban J connectivity index is 2.20. The van der Waals surface area contributed by atoms with Crippen molar-refractivity contribution < 1.29 is 4.74 Å². The zero-order valence-corrected chi connectivity index (χ0v) is 11.6. The van der Waals surface area contributed by atoms with Gasteiger partial charge in [-0.25, -0.2) is 9.97 Å². The Labute approximate surface area is 121 Å². The predicted molar refractivity (Wildman–Crippen MR) is 80.9 cm³/mol. The van der Waals surface area contributed by atoms with Crippen molar-refractivity contribution in [1.82, 2.24) is 9.97 Å². The number of rotatable bonds is 2. The van der Waals surface area contributed by atoms with Crippen LogP contribution in [-0.4, -0.2) is 17.1 Å². The summed E-state index contributed by atoms with van der Waals surface area (Å²) in [5.41, 5.74) is 7.56. The molecular weight excluding hydrogens is 274 g/mol. The van der Waals surface area contributed by atoms with Crippen LogP contribution in [0.5, 0.6) is 5.75 Å². The summed E-state index contributed by atoms with van der Waals surface area (Å²) in [5, 5.41) is 1.41. The highest BCUT2D eigenvalue weighted by atomic mass is 35.5. The molecule has 2 aromatic carbocycles. The van der Waals surface area contributed by atoms with Crippen molar-refractivity contribution in [3.8, 4) is 17.1 Å². The lowest BCUT2D eigenvalue weighted by molar-refractivity contribution is 0.415. The van der Waals surface area contributed by atoms with Crippen molar-refractivity contribution in [2.75, 3.05) is 12.8 Å². The van der Waals surface area contributed by atoms with Gasteiger partial charge in [0.2, 0.25) is 0 Å². The van der Waals surface area contributed by atoms with Gasteiger partial charge in [0.1, 0.15) is 11.6 Å². The summed E-state index contributed by atoms with van der Waals surface area (Å²) in [5.74, 6) is 1.73. The minimum Gasteiger partial charge on any atom is -0.497 e. The molecule has 2 N–H and O–H groups in total. The van der Waals surface area contributed by atoms with Crippen molar-refractivity contribution in [2.45, 2.75) is 0 Å². The molecule has 0 fully saturated rings. The van der Waals surface area contributed by atoms with Crippen molar-refractivity contribution >= 4 is 28.3 Å². The highest BCUT2D eigenvalue weighted by Gasteiger charge is 2.08. The molecule has 1 aromatic heterocycles. The Morgan fingerprint density at radius 2 is 1.95 bits per heavy atom. The van der Waals surface area contributed by atoms with Crippen LogP contribution < -0.4 is 10.5 Å². The molecule has 0 saturated heterocycles. The average molecular weight is 286 g/mol. The molecule has 3 rings (SSSR count). The minimum absolute atomic E-state index is 0.435. The van der Waals surface area contributed by atoms with Crippen LogP contribution in [0.2, 0.25) is 5.02 Å². The molecule has 20 heavy (non-hydrogen) atoms. The van der Waals surface area contributed by atoms with Crippen LogP contribution in [0.4, 0.5) is 5.82 Å². The molecule has 100 valence electrons. The molecule has 0 radical (unpaired) electrons. The standard InChI is InChI=1S/C15H12ClN3O/c1-20-11-4-2-3-9(7-11)15-18-13-8-10(16)5-6-12(13)14(17)19-15/h2-8H,1H3,(H2,17,18,19). The van der Waals surface area contributed by atoms with Gasteiger partial charge in [-0.05, 0) is 30.3 Å². The smallest absolute Gasteiger partial charge is 0.162 e. The van der Waals surface area contributed by atoms with Crippen molar-refractivity contribution in [1.29, 1.82) is 0 Å². The van der Waals surface area contributed by atoms with Gasteiger partial charge in [0.05, 0.1) is 12.6 Å². The van der Waals surface area contributed by atoms with E-state index in [1.165, 1.54) is 0 Å². The largest absolute Gasteiger partial charge is 0.497 e. The van der Waals surface area contributed by atoms with Crippen LogP contribution in [-0.2, 0) is 0 Å². The van der Waals surface area contributed by atoms with Crippen LogP contribution in [0.3, 0.4) is 0 Å². The van der Waals surface area contributed by atoms with E-state index in [2.05, 4.69) is 9.97 Å². The van der Waals surface area contributed by atoms with Gasteiger partial charge in [-0.1, -0.05) is 23.7 Å². The number of anilines is 1. The Morgan fingerprint density at radius 1 is 1.10 bits per heavy atom. The fourth-order valence-corrected chi connectivity index (χ4v) is 2.18. The second kappa shape index (κ2) is 4.98. The Hall–Kier alpha value is -2.33. The van der Waals surface area contributed by atoms with E-state index in [0.29, 0.717) is 16.7 Å². The topological polar surface area (TPSA) is 61.0 Å². The number of nitrogens with zero attached hydrogens (tertiary/aromatic N) is 2. The molecule has 4 nitrogen and oxygen atoms in total. The number of halogens is 1. The quantitative estimate of drug-likeness (QED) is 0.782. The lowest BCUT2D eigenvalue weighted by Gasteiger charge is -2.07. The highest BCUT2D eigenvalue weighted by Crippen LogP contribution is 2.26. The predicted octanol–water partition coefficient (Wildman–Crippen LogP) is 3.54. The van der Waals surface area contributed by atoms with Crippen LogP contribution in [0.15, 0.2) is 42.5 Å². The van der Waals surface area contributed by atoms with E-state index in [4.69, 9.17) is 22.1 Å². The maximum atomic E-state index is 6.00. The molecule has 0 bridgehead atoms. The second-order valence-corrected chi connectivity index (χ2v) is 4.76. The molecule has 0 unspecified atom stereocenters. The summed E-state index contributed by atoms with van der Waals surface area (Å²) in [6.45, 7) is 0. The molecule has 0 saturated carbocycles. The number of aromatic nitrogens is 2. The summed E-state index contributed by atoms with van der Waals surface area (Å²) in [7, 11) is 1.62. The fourth-order valence-electron chi connectivity index (χ4n) is 2.02. The highest BCUT2D eigenvalue weighted by molar-refractivity contribution is 6.31. The van der Waals surface area contributed by atoms with Gasteiger partial charge < -0.3 is 10.5 Å². The summed E-state index contributed by atoms with van der Waals surface area (Å²) in [4.78, 5) is 8.86. The molecular formula is C15H12ClN3O. The van der Waals surface area contributed by atoms with E-state index >= 15 is 0 Å². The molecule has 5 heteroatoms. The normalized spacial score (nSPS) is 10.7. The summed E-state index contributed by atoms with van der Waals surface area (Å²) in [6.07, 6.45) is 0. The fraction of sp³-hybridized carbons (Fsp3) is 0.0667. The average Bonchev–Trinajstić information content (AvgIpc) is 2.46. The molecule has 1 heterocycles. The van der Waals surface area contributed by atoms with Gasteiger partial charge in [0.15, 0.2) is 5.82 Å². The Morgan fingerprint density at radius 3 is 2.75 bits per heavy atom. The van der Waals surface area contributed by atoms with Gasteiger partial charge in [-0.2, -0.15) is 0 Å². The third kappa shape index (κ3) is 2.26. The van der Waals surface area contributed by atoms with Gasteiger partial charge >= 0.3 is 0 Å². The first-order valence-electron chi connectivity index (χ1n) is 6.04. The summed E-state index contributed by atoms with van der Waals surface area (Å²) < 4.78 is 5.21. The maximum absolute atomic E-state index is 6.00. The van der Waals surface area contributed by atoms with Gasteiger partial charge in [-0.3, -0.25) is 0 Å². The van der Waals surface area contributed by atoms with E-state index < -0.39 is 0 Å². The maximum Gasteiger partial charge on any atom is 0.162 e. The molecule has 0 amide bonds. The van der Waals surface area contributed by atoms with E-state index in [1.807, 2.05) is 30.3 Å². The number of fused-ring (bicyclic) bond motifs is 1. The third-order valence-corrected chi connectivity index (χ3v) is 3.25. The number of methoxy groups -OCH3 is 1. The number of nitrogen functional groups attached to an aromatic ring is 1. The number of ether oxygens (including phenoxy) is 1. The van der Waals surface area contributed by atoms with Crippen molar-refractivity contribution in [2.24, 2.45) is 0 Å². The SMILES string of the molecule is COc1cccc(-c2nc(N)c3ccc(Cl)cc3n2)c1. The molecule has 0 spiro atoms. The lowest BCUT2D eigenvalue weighted by atomic mass is 10.1. The zero-order valence-electron chi connectivity index (χ0n) is 10.8. The van der Waals surface area contributed by atoms with Crippen LogP contribution in [0.1, 0.15) is 0 Å². The van der Waals surface area contributed by atoms with Crippen LogP contribution in [0.25, 0.3) is 22.3 Å². The first-order chi connectivity index (χ1) is 9.67. The number of nitrogens with two attached hydrogens (primary N) is 1. The summed E-state index contributed by atoms with van der Waals surface area (Å²) >= 11 is 6.00. The molecule has 0 aliphatic carbocycles. The summed E-state index contributed by atoms with van der Waals surface area (Å²) in [6, 6.07) is 12.9. The number of benzene rings is 2. The molecule has 0 aliphatic rings. The zero-order chi connectivity index (χ0) is 14.1. The van der Waals surface area contributed by atoms with Gasteiger partial charge in [0, 0.05) is 16.0 Å². The van der Waals surface area contributed by atoms with Crippen molar-refractivity contribution in [3.05, 3.63) is 47.5 Å². The second-order valence-electron chi connectivity index (χ2n) is 4.33. The van der Waals surface area contributed by atoms with E-state index in [1.54, 1.807) is 19.2 Å². The number of hydrogen-bond donors (Lipinski definition) is 1. The van der Waals surface area contributed by atoms with Crippen molar-refractivity contribution in [3.63, 3.8) is 0 Å². The van der Waals surface area contributed by atoms with Gasteiger partial charge in [0.25, 0.3) is 0 Å². The monoisotopic (exact) mass is 285 g/mol. The number of hydrogen-bond acceptors (Lipinski definition) is 4. The first-order valence-corrected chi connectivity index (χ1v) is 6.42. The third-order valence-electron chi connectivity index (χ3n) is 3.02. The molecule has 3 aromatic rings. The lowest BCUT2D eigenvalue weighted by Crippen LogP contribution is -1.98. The van der Waals surface area contributed by atoms with E-state index in [-0.39, 0.29) is 0 Å².